The lowest BCUT2D eigenvalue weighted by molar-refractivity contribution is 0.0594. The zero-order valence-corrected chi connectivity index (χ0v) is 13.8. The van der Waals surface area contributed by atoms with E-state index in [1.165, 1.54) is 25.4 Å². The number of nitrogens with zero attached hydrogens (tertiary/aromatic N) is 1. The van der Waals surface area contributed by atoms with Crippen LogP contribution in [0.2, 0.25) is 0 Å². The summed E-state index contributed by atoms with van der Waals surface area (Å²) >= 11 is 0. The highest BCUT2D eigenvalue weighted by molar-refractivity contribution is 7.89. The number of hydrogen-bond acceptors (Lipinski definition) is 6. The zero-order valence-electron chi connectivity index (χ0n) is 13.0. The summed E-state index contributed by atoms with van der Waals surface area (Å²) in [6, 6.07) is 0. The Bertz CT molecular complexity index is 606. The summed E-state index contributed by atoms with van der Waals surface area (Å²) in [5, 5.41) is 2.95. The molecule has 0 aliphatic heterocycles. The predicted molar refractivity (Wildman–Crippen MR) is 77.9 cm³/mol. The fourth-order valence-electron chi connectivity index (χ4n) is 2.07. The molecule has 1 aromatic rings. The summed E-state index contributed by atoms with van der Waals surface area (Å²) in [5.74, 6) is -0.290. The molecule has 0 saturated heterocycles. The van der Waals surface area contributed by atoms with E-state index in [9.17, 15) is 13.2 Å². The van der Waals surface area contributed by atoms with Gasteiger partial charge in [0.15, 0.2) is 0 Å². The molecule has 0 aliphatic rings. The Labute approximate surface area is 125 Å². The third kappa shape index (κ3) is 3.63. The molecule has 7 nitrogen and oxygen atoms in total. The third-order valence-electron chi connectivity index (χ3n) is 3.16. The van der Waals surface area contributed by atoms with E-state index in [0.29, 0.717) is 19.5 Å². The number of nitrogens with one attached hydrogen (secondary N) is 1. The van der Waals surface area contributed by atoms with Gasteiger partial charge in [-0.25, -0.2) is 17.5 Å². The molecule has 0 spiro atoms. The van der Waals surface area contributed by atoms with E-state index in [1.54, 1.807) is 14.0 Å². The van der Waals surface area contributed by atoms with Crippen molar-refractivity contribution in [1.29, 1.82) is 0 Å². The molecule has 1 aromatic heterocycles. The number of methoxy groups -OCH3 is 1. The van der Waals surface area contributed by atoms with Crippen molar-refractivity contribution in [2.45, 2.75) is 25.2 Å². The van der Waals surface area contributed by atoms with Crippen LogP contribution in [-0.2, 0) is 14.8 Å². The summed E-state index contributed by atoms with van der Waals surface area (Å²) in [6.07, 6.45) is 0.662. The van der Waals surface area contributed by atoms with Gasteiger partial charge in [0.1, 0.15) is 22.0 Å². The van der Waals surface area contributed by atoms with Crippen molar-refractivity contribution in [3.63, 3.8) is 0 Å². The molecule has 0 fully saturated rings. The maximum Gasteiger partial charge on any atom is 0.342 e. The predicted octanol–water partition coefficient (Wildman–Crippen LogP) is 0.913. The van der Waals surface area contributed by atoms with Gasteiger partial charge in [0.2, 0.25) is 10.0 Å². The fourth-order valence-corrected chi connectivity index (χ4v) is 3.64. The van der Waals surface area contributed by atoms with E-state index in [4.69, 9.17) is 4.42 Å². The van der Waals surface area contributed by atoms with Gasteiger partial charge in [0, 0.05) is 13.6 Å². The van der Waals surface area contributed by atoms with Crippen LogP contribution < -0.4 is 5.32 Å². The molecule has 0 radical (unpaired) electrons. The Balaban J connectivity index is 3.22. The van der Waals surface area contributed by atoms with Crippen molar-refractivity contribution in [1.82, 2.24) is 9.62 Å². The monoisotopic (exact) mass is 318 g/mol. The second kappa shape index (κ2) is 7.06. The molecule has 1 rings (SSSR count). The smallest absolute Gasteiger partial charge is 0.342 e. The Morgan fingerprint density at radius 3 is 2.48 bits per heavy atom. The standard InChI is InChI=1S/C13H22N2O5S/c1-9-11(13(16)19-5)12(10(2)20-9)21(17,18)15(4)8-6-7-14-3/h14H,6-8H2,1-5H3. The normalized spacial score (nSPS) is 11.9. The van der Waals surface area contributed by atoms with E-state index in [0.717, 1.165) is 0 Å². The molecule has 0 bridgehead atoms. The molecule has 8 heteroatoms. The van der Waals surface area contributed by atoms with Crippen LogP contribution in [0.5, 0.6) is 0 Å². The van der Waals surface area contributed by atoms with Crippen LogP contribution in [0.15, 0.2) is 9.31 Å². The second-order valence-electron chi connectivity index (χ2n) is 4.69. The minimum absolute atomic E-state index is 0.0320. The lowest BCUT2D eigenvalue weighted by Crippen LogP contribution is -2.31. The number of rotatable bonds is 7. The average Bonchev–Trinajstić information content (AvgIpc) is 2.73. The molecule has 120 valence electrons. The van der Waals surface area contributed by atoms with Crippen molar-refractivity contribution < 1.29 is 22.4 Å². The van der Waals surface area contributed by atoms with Gasteiger partial charge >= 0.3 is 5.97 Å². The van der Waals surface area contributed by atoms with Crippen molar-refractivity contribution in [2.75, 3.05) is 34.3 Å². The molecule has 21 heavy (non-hydrogen) atoms. The minimum atomic E-state index is -3.80. The van der Waals surface area contributed by atoms with Crippen LogP contribution in [-0.4, -0.2) is 53.0 Å². The lowest BCUT2D eigenvalue weighted by atomic mass is 10.2. The Morgan fingerprint density at radius 1 is 1.33 bits per heavy atom. The van der Waals surface area contributed by atoms with Crippen molar-refractivity contribution >= 4 is 16.0 Å². The highest BCUT2D eigenvalue weighted by Crippen LogP contribution is 2.29. The van der Waals surface area contributed by atoms with E-state index in [-0.39, 0.29) is 22.0 Å². The first kappa shape index (κ1) is 17.7. The van der Waals surface area contributed by atoms with Gasteiger partial charge in [-0.05, 0) is 33.9 Å². The van der Waals surface area contributed by atoms with E-state index in [2.05, 4.69) is 10.1 Å². The zero-order chi connectivity index (χ0) is 16.2. The molecular weight excluding hydrogens is 296 g/mol. The van der Waals surface area contributed by atoms with Gasteiger partial charge < -0.3 is 14.5 Å². The highest BCUT2D eigenvalue weighted by Gasteiger charge is 2.33. The molecule has 1 N–H and O–H groups in total. The third-order valence-corrected chi connectivity index (χ3v) is 5.17. The quantitative estimate of drug-likeness (QED) is 0.594. The number of furan rings is 1. The second-order valence-corrected chi connectivity index (χ2v) is 6.68. The molecule has 0 aliphatic carbocycles. The average molecular weight is 318 g/mol. The number of ether oxygens (including phenoxy) is 1. The van der Waals surface area contributed by atoms with Crippen LogP contribution in [0.4, 0.5) is 0 Å². The molecule has 0 saturated carbocycles. The van der Waals surface area contributed by atoms with Crippen molar-refractivity contribution in [3.05, 3.63) is 17.1 Å². The minimum Gasteiger partial charge on any atom is -0.465 e. The largest absolute Gasteiger partial charge is 0.465 e. The van der Waals surface area contributed by atoms with Crippen LogP contribution in [0.25, 0.3) is 0 Å². The van der Waals surface area contributed by atoms with E-state index >= 15 is 0 Å². The van der Waals surface area contributed by atoms with Crippen LogP contribution >= 0.6 is 0 Å². The van der Waals surface area contributed by atoms with Crippen LogP contribution in [0.1, 0.15) is 28.3 Å². The maximum absolute atomic E-state index is 12.6. The van der Waals surface area contributed by atoms with Gasteiger partial charge in [0.25, 0.3) is 0 Å². The molecular formula is C13H22N2O5S. The number of aryl methyl sites for hydroxylation is 2. The Hall–Kier alpha value is -1.38. The van der Waals surface area contributed by atoms with Gasteiger partial charge in [-0.1, -0.05) is 0 Å². The van der Waals surface area contributed by atoms with E-state index < -0.39 is 16.0 Å². The number of carbonyl (C=O) groups excluding carboxylic acids is 1. The number of carbonyl (C=O) groups is 1. The Kier molecular flexibility index (Phi) is 5.94. The topological polar surface area (TPSA) is 88.9 Å². The molecule has 0 atom stereocenters. The van der Waals surface area contributed by atoms with E-state index in [1.807, 2.05) is 0 Å². The number of esters is 1. The Morgan fingerprint density at radius 2 is 1.95 bits per heavy atom. The van der Waals surface area contributed by atoms with Gasteiger partial charge in [-0.3, -0.25) is 0 Å². The SMILES string of the molecule is CNCCCN(C)S(=O)(=O)c1c(C)oc(C)c1C(=O)OC. The van der Waals surface area contributed by atoms with Gasteiger partial charge in [-0.2, -0.15) is 0 Å². The summed E-state index contributed by atoms with van der Waals surface area (Å²) in [5.41, 5.74) is -0.0320. The summed E-state index contributed by atoms with van der Waals surface area (Å²) in [6.45, 7) is 4.10. The summed E-state index contributed by atoms with van der Waals surface area (Å²) in [4.78, 5) is 11.7. The first-order valence-electron chi connectivity index (χ1n) is 6.56. The van der Waals surface area contributed by atoms with Crippen LogP contribution in [0.3, 0.4) is 0 Å². The molecule has 0 aromatic carbocycles. The van der Waals surface area contributed by atoms with Crippen molar-refractivity contribution in [2.24, 2.45) is 0 Å². The maximum atomic E-state index is 12.6. The van der Waals surface area contributed by atoms with Gasteiger partial charge in [0.05, 0.1) is 7.11 Å². The lowest BCUT2D eigenvalue weighted by Gasteiger charge is -2.17. The van der Waals surface area contributed by atoms with Gasteiger partial charge in [-0.15, -0.1) is 0 Å². The first-order valence-corrected chi connectivity index (χ1v) is 8.00. The molecule has 0 amide bonds. The van der Waals surface area contributed by atoms with Crippen LogP contribution in [0, 0.1) is 13.8 Å². The fraction of sp³-hybridized carbons (Fsp3) is 0.615. The summed E-state index contributed by atoms with van der Waals surface area (Å²) < 4.78 is 36.5. The van der Waals surface area contributed by atoms with Crippen molar-refractivity contribution in [3.8, 4) is 0 Å². The number of sulfonamides is 1. The molecule has 1 heterocycles. The number of hydrogen-bond donors (Lipinski definition) is 1. The summed E-state index contributed by atoms with van der Waals surface area (Å²) in [7, 11) is 0.680. The highest BCUT2D eigenvalue weighted by atomic mass is 32.2. The molecule has 0 unspecified atom stereocenters. The first-order chi connectivity index (χ1) is 9.77.